The smallest absolute Gasteiger partial charge is 0.229 e. The second kappa shape index (κ2) is 9.88. The van der Waals surface area contributed by atoms with E-state index in [2.05, 4.69) is 71.5 Å². The molecule has 0 aliphatic carbocycles. The molecule has 0 saturated heterocycles. The van der Waals surface area contributed by atoms with Gasteiger partial charge >= 0.3 is 0 Å². The van der Waals surface area contributed by atoms with E-state index in [0.717, 1.165) is 30.4 Å². The Morgan fingerprint density at radius 2 is 1.87 bits per heavy atom. The first kappa shape index (κ1) is 21.3. The number of benzene rings is 1. The molecule has 0 saturated carbocycles. The largest absolute Gasteiger partial charge is 0.368 e. The van der Waals surface area contributed by atoms with E-state index in [1.165, 1.54) is 10.4 Å². The molecule has 0 spiro atoms. The molecule has 8 nitrogen and oxygen atoms in total. The van der Waals surface area contributed by atoms with Crippen LogP contribution in [0.5, 0.6) is 0 Å². The molecule has 4 aromatic rings. The number of anilines is 2. The molecule has 3 heterocycles. The average molecular weight is 453 g/mol. The maximum atomic E-state index is 5.86. The Morgan fingerprint density at radius 1 is 1.03 bits per heavy atom. The number of rotatable bonds is 9. The predicted octanol–water partition coefficient (Wildman–Crippen LogP) is 3.30. The molecule has 160 valence electrons. The summed E-state index contributed by atoms with van der Waals surface area (Å²) in [5, 5.41) is 11.9. The van der Waals surface area contributed by atoms with Crippen LogP contribution >= 0.6 is 23.1 Å². The highest BCUT2D eigenvalue weighted by molar-refractivity contribution is 7.98. The minimum Gasteiger partial charge on any atom is -0.368 e. The van der Waals surface area contributed by atoms with Gasteiger partial charge in [-0.3, -0.25) is 0 Å². The van der Waals surface area contributed by atoms with E-state index in [9.17, 15) is 0 Å². The number of thiophene rings is 1. The van der Waals surface area contributed by atoms with Gasteiger partial charge in [-0.2, -0.15) is 15.0 Å². The van der Waals surface area contributed by atoms with Crippen LogP contribution in [0.4, 0.5) is 11.9 Å². The average Bonchev–Trinajstić information content (AvgIpc) is 3.41. The minimum absolute atomic E-state index is 0.221. The molecule has 0 fully saturated rings. The summed E-state index contributed by atoms with van der Waals surface area (Å²) in [6.45, 7) is 0.808. The number of aryl methyl sites for hydroxylation is 1. The Bertz CT molecular complexity index is 1110. The fourth-order valence-corrected chi connectivity index (χ4v) is 4.59. The number of hydrogen-bond donors (Lipinski definition) is 1. The number of nitrogens with two attached hydrogens (primary N) is 1. The number of nitrogen functional groups attached to an aromatic ring is 1. The van der Waals surface area contributed by atoms with E-state index in [1.54, 1.807) is 23.1 Å². The Morgan fingerprint density at radius 3 is 2.61 bits per heavy atom. The first-order chi connectivity index (χ1) is 15.1. The van der Waals surface area contributed by atoms with Gasteiger partial charge in [-0.15, -0.1) is 21.5 Å². The second-order valence-corrected chi connectivity index (χ2v) is 9.11. The highest BCUT2D eigenvalue weighted by Gasteiger charge is 2.15. The SMILES string of the molecule is CN(C)c1nc(N)nc(CSc2nnc(Cc3cccs3)n2CCc2ccccc2)n1. The summed E-state index contributed by atoms with van der Waals surface area (Å²) in [6.07, 6.45) is 1.68. The van der Waals surface area contributed by atoms with Gasteiger partial charge in [0.1, 0.15) is 11.6 Å². The van der Waals surface area contributed by atoms with Crippen LogP contribution in [0, 0.1) is 0 Å². The van der Waals surface area contributed by atoms with Crippen molar-refractivity contribution in [1.82, 2.24) is 29.7 Å². The molecular weight excluding hydrogens is 428 g/mol. The molecule has 2 N–H and O–H groups in total. The Balaban J connectivity index is 1.54. The Kier molecular flexibility index (Phi) is 6.78. The van der Waals surface area contributed by atoms with Crippen molar-refractivity contribution in [3.63, 3.8) is 0 Å². The van der Waals surface area contributed by atoms with Crippen LogP contribution in [-0.4, -0.2) is 43.8 Å². The van der Waals surface area contributed by atoms with Crippen LogP contribution in [-0.2, 0) is 25.1 Å². The fraction of sp³-hybridized carbons (Fsp3) is 0.286. The molecule has 4 rings (SSSR count). The third kappa shape index (κ3) is 5.59. The summed E-state index contributed by atoms with van der Waals surface area (Å²) in [4.78, 5) is 16.0. The molecule has 0 amide bonds. The molecule has 0 bridgehead atoms. The quantitative estimate of drug-likeness (QED) is 0.386. The zero-order chi connectivity index (χ0) is 21.6. The van der Waals surface area contributed by atoms with E-state index in [1.807, 2.05) is 25.1 Å². The summed E-state index contributed by atoms with van der Waals surface area (Å²) in [7, 11) is 3.76. The van der Waals surface area contributed by atoms with E-state index in [-0.39, 0.29) is 5.95 Å². The van der Waals surface area contributed by atoms with Crippen molar-refractivity contribution in [2.45, 2.75) is 30.3 Å². The van der Waals surface area contributed by atoms with Crippen LogP contribution in [0.2, 0.25) is 0 Å². The van der Waals surface area contributed by atoms with Crippen LogP contribution in [0.15, 0.2) is 53.0 Å². The molecule has 3 aromatic heterocycles. The summed E-state index contributed by atoms with van der Waals surface area (Å²) >= 11 is 3.30. The van der Waals surface area contributed by atoms with E-state index in [4.69, 9.17) is 5.73 Å². The molecule has 0 unspecified atom stereocenters. The fourth-order valence-electron chi connectivity index (χ4n) is 3.05. The maximum absolute atomic E-state index is 5.86. The normalized spacial score (nSPS) is 11.0. The summed E-state index contributed by atoms with van der Waals surface area (Å²) < 4.78 is 2.20. The van der Waals surface area contributed by atoms with Gasteiger partial charge in [0.2, 0.25) is 11.9 Å². The van der Waals surface area contributed by atoms with Crippen molar-refractivity contribution in [2.75, 3.05) is 24.7 Å². The van der Waals surface area contributed by atoms with Gasteiger partial charge in [-0.25, -0.2) is 0 Å². The lowest BCUT2D eigenvalue weighted by atomic mass is 10.1. The highest BCUT2D eigenvalue weighted by Crippen LogP contribution is 2.24. The van der Waals surface area contributed by atoms with Gasteiger partial charge in [-0.1, -0.05) is 48.2 Å². The first-order valence-electron chi connectivity index (χ1n) is 9.87. The summed E-state index contributed by atoms with van der Waals surface area (Å²) in [5.74, 6) is 2.89. The van der Waals surface area contributed by atoms with E-state index < -0.39 is 0 Å². The Labute approximate surface area is 189 Å². The third-order valence-electron chi connectivity index (χ3n) is 4.59. The second-order valence-electron chi connectivity index (χ2n) is 7.14. The van der Waals surface area contributed by atoms with Crippen molar-refractivity contribution < 1.29 is 0 Å². The van der Waals surface area contributed by atoms with Gasteiger partial charge in [0, 0.05) is 31.9 Å². The van der Waals surface area contributed by atoms with Crippen LogP contribution in [0.1, 0.15) is 22.1 Å². The standard InChI is InChI=1S/C21H24N8S2/c1-28(2)20-24-17(23-19(22)25-20)14-31-21-27-26-18(13-16-9-6-12-30-16)29(21)11-10-15-7-4-3-5-8-15/h3-9,12H,10-11,13-14H2,1-2H3,(H2,22,23,24,25). The van der Waals surface area contributed by atoms with Gasteiger partial charge < -0.3 is 15.2 Å². The van der Waals surface area contributed by atoms with Crippen molar-refractivity contribution in [3.8, 4) is 0 Å². The molecular formula is C21H24N8S2. The molecule has 0 radical (unpaired) electrons. The molecule has 10 heteroatoms. The number of hydrogen-bond acceptors (Lipinski definition) is 9. The molecule has 31 heavy (non-hydrogen) atoms. The van der Waals surface area contributed by atoms with Crippen LogP contribution in [0.3, 0.4) is 0 Å². The summed E-state index contributed by atoms with van der Waals surface area (Å²) in [5.41, 5.74) is 7.14. The Hall–Kier alpha value is -2.98. The van der Waals surface area contributed by atoms with Gasteiger partial charge in [0.25, 0.3) is 0 Å². The van der Waals surface area contributed by atoms with Crippen LogP contribution < -0.4 is 10.6 Å². The number of aromatic nitrogens is 6. The lowest BCUT2D eigenvalue weighted by Gasteiger charge is -2.12. The van der Waals surface area contributed by atoms with E-state index in [0.29, 0.717) is 17.5 Å². The van der Waals surface area contributed by atoms with Crippen molar-refractivity contribution in [1.29, 1.82) is 0 Å². The van der Waals surface area contributed by atoms with Gasteiger partial charge in [-0.05, 0) is 23.4 Å². The molecule has 0 aliphatic rings. The highest BCUT2D eigenvalue weighted by atomic mass is 32.2. The predicted molar refractivity (Wildman–Crippen MR) is 125 cm³/mol. The maximum Gasteiger partial charge on any atom is 0.229 e. The number of nitrogens with zero attached hydrogens (tertiary/aromatic N) is 7. The van der Waals surface area contributed by atoms with Gasteiger partial charge in [0.05, 0.1) is 5.75 Å². The van der Waals surface area contributed by atoms with Crippen molar-refractivity contribution >= 4 is 35.0 Å². The lowest BCUT2D eigenvalue weighted by Crippen LogP contribution is -2.16. The van der Waals surface area contributed by atoms with Gasteiger partial charge in [0.15, 0.2) is 5.16 Å². The zero-order valence-electron chi connectivity index (χ0n) is 17.5. The van der Waals surface area contributed by atoms with Crippen molar-refractivity contribution in [3.05, 3.63) is 69.9 Å². The first-order valence-corrected chi connectivity index (χ1v) is 11.7. The van der Waals surface area contributed by atoms with E-state index >= 15 is 0 Å². The number of thioether (sulfide) groups is 1. The molecule has 0 aliphatic heterocycles. The lowest BCUT2D eigenvalue weighted by molar-refractivity contribution is 0.610. The third-order valence-corrected chi connectivity index (χ3v) is 6.43. The topological polar surface area (TPSA) is 98.6 Å². The summed E-state index contributed by atoms with van der Waals surface area (Å²) in [6, 6.07) is 14.7. The van der Waals surface area contributed by atoms with Crippen molar-refractivity contribution in [2.24, 2.45) is 0 Å². The monoisotopic (exact) mass is 452 g/mol. The zero-order valence-corrected chi connectivity index (χ0v) is 19.1. The minimum atomic E-state index is 0.221. The van der Waals surface area contributed by atoms with Crippen LogP contribution in [0.25, 0.3) is 0 Å². The molecule has 1 aromatic carbocycles. The molecule has 0 atom stereocenters.